The number of nitrogens with two attached hydrogens (primary N) is 2. The number of anilines is 2. The number of thiophene rings is 1. The number of nitrogens with zero attached hydrogens (tertiary/aromatic N) is 1. The first-order chi connectivity index (χ1) is 9.95. The van der Waals surface area contributed by atoms with Crippen molar-refractivity contribution in [2.45, 2.75) is 18.9 Å². The number of primary amides is 1. The molecule has 0 saturated carbocycles. The van der Waals surface area contributed by atoms with Crippen LogP contribution in [0.2, 0.25) is 0 Å². The summed E-state index contributed by atoms with van der Waals surface area (Å²) < 4.78 is 4.66. The number of likely N-dealkylation sites (tertiary alicyclic amines) is 1. The van der Waals surface area contributed by atoms with E-state index in [1.165, 1.54) is 7.11 Å². The van der Waals surface area contributed by atoms with E-state index in [0.29, 0.717) is 17.6 Å². The zero-order valence-corrected chi connectivity index (χ0v) is 13.0. The van der Waals surface area contributed by atoms with Gasteiger partial charge in [0.25, 0.3) is 5.91 Å². The topological polar surface area (TPSA) is 111 Å². The quantitative estimate of drug-likeness (QED) is 0.691. The number of rotatable bonds is 5. The normalized spacial score (nSPS) is 18.7. The summed E-state index contributed by atoms with van der Waals surface area (Å²) in [6.45, 7) is 1.74. The van der Waals surface area contributed by atoms with Crippen LogP contribution in [0.5, 0.6) is 0 Å². The van der Waals surface area contributed by atoms with Crippen LogP contribution in [0.4, 0.5) is 10.7 Å². The zero-order chi connectivity index (χ0) is 15.6. The molecule has 1 aromatic heterocycles. The minimum absolute atomic E-state index is 0.0848. The van der Waals surface area contributed by atoms with Gasteiger partial charge in [0, 0.05) is 12.6 Å². The van der Waals surface area contributed by atoms with Crippen LogP contribution in [0.25, 0.3) is 0 Å². The number of nitrogens with one attached hydrogen (secondary N) is 1. The van der Waals surface area contributed by atoms with Crippen LogP contribution in [0, 0.1) is 0 Å². The maximum absolute atomic E-state index is 11.7. The monoisotopic (exact) mass is 312 g/mol. The second kappa shape index (κ2) is 6.31. The number of nitrogen functional groups attached to an aromatic ring is 1. The lowest BCUT2D eigenvalue weighted by molar-refractivity contribution is 0.0607. The molecule has 0 spiro atoms. The molecule has 0 aromatic carbocycles. The fourth-order valence-corrected chi connectivity index (χ4v) is 3.56. The molecule has 2 rings (SSSR count). The van der Waals surface area contributed by atoms with E-state index in [1.54, 1.807) is 0 Å². The predicted octanol–water partition coefficient (Wildman–Crippen LogP) is 0.722. The second-order valence-corrected chi connectivity index (χ2v) is 6.08. The van der Waals surface area contributed by atoms with Crippen LogP contribution >= 0.6 is 11.3 Å². The Labute approximate surface area is 127 Å². The van der Waals surface area contributed by atoms with Crippen molar-refractivity contribution in [1.29, 1.82) is 0 Å². The molecule has 1 saturated heterocycles. The molecule has 1 aliphatic rings. The zero-order valence-electron chi connectivity index (χ0n) is 12.1. The molecule has 2 heterocycles. The smallest absolute Gasteiger partial charge is 0.350 e. The van der Waals surface area contributed by atoms with Crippen LogP contribution in [0.15, 0.2) is 0 Å². The SMILES string of the molecule is COC(=O)c1sc(NCC2CCCN2C)c(C(N)=O)c1N. The molecule has 5 N–H and O–H groups in total. The molecule has 1 aliphatic heterocycles. The number of carbonyl (C=O) groups is 2. The Balaban J connectivity index is 2.21. The minimum atomic E-state index is -0.652. The van der Waals surface area contributed by atoms with Gasteiger partial charge < -0.3 is 26.4 Å². The second-order valence-electron chi connectivity index (χ2n) is 5.06. The molecule has 21 heavy (non-hydrogen) atoms. The number of carbonyl (C=O) groups excluding carboxylic acids is 2. The number of ether oxygens (including phenoxy) is 1. The third-order valence-electron chi connectivity index (χ3n) is 3.73. The molecule has 7 nitrogen and oxygen atoms in total. The molecule has 1 amide bonds. The summed E-state index contributed by atoms with van der Waals surface area (Å²) in [5.41, 5.74) is 11.5. The van der Waals surface area contributed by atoms with Gasteiger partial charge >= 0.3 is 5.97 Å². The van der Waals surface area contributed by atoms with Gasteiger partial charge in [-0.3, -0.25) is 4.79 Å². The highest BCUT2D eigenvalue weighted by atomic mass is 32.1. The molecule has 1 fully saturated rings. The Kier molecular flexibility index (Phi) is 4.69. The largest absolute Gasteiger partial charge is 0.465 e. The van der Waals surface area contributed by atoms with Gasteiger partial charge in [-0.25, -0.2) is 4.79 Å². The number of hydrogen-bond acceptors (Lipinski definition) is 7. The van der Waals surface area contributed by atoms with Gasteiger partial charge in [-0.2, -0.15) is 0 Å². The Morgan fingerprint density at radius 1 is 1.52 bits per heavy atom. The summed E-state index contributed by atoms with van der Waals surface area (Å²) in [6.07, 6.45) is 2.26. The highest BCUT2D eigenvalue weighted by Crippen LogP contribution is 2.36. The van der Waals surface area contributed by atoms with Gasteiger partial charge in [0.15, 0.2) is 0 Å². The van der Waals surface area contributed by atoms with E-state index in [1.807, 2.05) is 0 Å². The van der Waals surface area contributed by atoms with Crippen LogP contribution in [-0.4, -0.2) is 50.1 Å². The Morgan fingerprint density at radius 2 is 2.24 bits per heavy atom. The Hall–Kier alpha value is -1.80. The molecule has 0 bridgehead atoms. The van der Waals surface area contributed by atoms with Gasteiger partial charge in [0.1, 0.15) is 9.88 Å². The van der Waals surface area contributed by atoms with Crippen molar-refractivity contribution in [2.75, 3.05) is 38.3 Å². The van der Waals surface area contributed by atoms with E-state index < -0.39 is 11.9 Å². The van der Waals surface area contributed by atoms with E-state index in [4.69, 9.17) is 11.5 Å². The number of methoxy groups -OCH3 is 1. The van der Waals surface area contributed by atoms with Crippen LogP contribution < -0.4 is 16.8 Å². The molecule has 0 aliphatic carbocycles. The maximum atomic E-state index is 11.7. The van der Waals surface area contributed by atoms with Gasteiger partial charge in [-0.05, 0) is 26.4 Å². The average Bonchev–Trinajstić information content (AvgIpc) is 2.99. The van der Waals surface area contributed by atoms with E-state index in [9.17, 15) is 9.59 Å². The Morgan fingerprint density at radius 3 is 2.76 bits per heavy atom. The van der Waals surface area contributed by atoms with Crippen molar-refractivity contribution in [3.05, 3.63) is 10.4 Å². The van der Waals surface area contributed by atoms with E-state index in [2.05, 4.69) is 22.0 Å². The van der Waals surface area contributed by atoms with Crippen molar-refractivity contribution in [2.24, 2.45) is 5.73 Å². The summed E-state index contributed by atoms with van der Waals surface area (Å²) in [6, 6.07) is 0.399. The predicted molar refractivity (Wildman–Crippen MR) is 82.7 cm³/mol. The molecule has 116 valence electrons. The molecular weight excluding hydrogens is 292 g/mol. The first-order valence-electron chi connectivity index (χ1n) is 6.70. The molecule has 8 heteroatoms. The molecular formula is C13H20N4O3S. The summed E-state index contributed by atoms with van der Waals surface area (Å²) >= 11 is 1.10. The highest BCUT2D eigenvalue weighted by Gasteiger charge is 2.26. The minimum Gasteiger partial charge on any atom is -0.465 e. The van der Waals surface area contributed by atoms with Crippen molar-refractivity contribution in [3.63, 3.8) is 0 Å². The molecule has 1 atom stereocenters. The van der Waals surface area contributed by atoms with Crippen LogP contribution in [-0.2, 0) is 4.74 Å². The van der Waals surface area contributed by atoms with Crippen LogP contribution in [0.1, 0.15) is 32.9 Å². The number of hydrogen-bond donors (Lipinski definition) is 3. The number of amides is 1. The van der Waals surface area contributed by atoms with Gasteiger partial charge in [-0.15, -0.1) is 11.3 Å². The van der Waals surface area contributed by atoms with E-state index >= 15 is 0 Å². The maximum Gasteiger partial charge on any atom is 0.350 e. The number of esters is 1. The summed E-state index contributed by atoms with van der Waals surface area (Å²) in [5, 5.41) is 3.72. The first kappa shape index (κ1) is 15.6. The van der Waals surface area contributed by atoms with Crippen LogP contribution in [0.3, 0.4) is 0 Å². The van der Waals surface area contributed by atoms with Crippen molar-refractivity contribution in [3.8, 4) is 0 Å². The highest BCUT2D eigenvalue weighted by molar-refractivity contribution is 7.19. The average molecular weight is 312 g/mol. The van der Waals surface area contributed by atoms with E-state index in [0.717, 1.165) is 30.7 Å². The van der Waals surface area contributed by atoms with Gasteiger partial charge in [0.2, 0.25) is 0 Å². The summed E-state index contributed by atoms with van der Waals surface area (Å²) in [4.78, 5) is 25.7. The van der Waals surface area contributed by atoms with Crippen molar-refractivity contribution >= 4 is 33.9 Å². The third kappa shape index (κ3) is 3.11. The molecule has 1 aromatic rings. The van der Waals surface area contributed by atoms with Crippen molar-refractivity contribution < 1.29 is 14.3 Å². The summed E-state index contributed by atoms with van der Waals surface area (Å²) in [5.74, 6) is -1.22. The third-order valence-corrected chi connectivity index (χ3v) is 4.88. The lowest BCUT2D eigenvalue weighted by atomic mass is 10.2. The van der Waals surface area contributed by atoms with Gasteiger partial charge in [0.05, 0.1) is 18.4 Å². The lowest BCUT2D eigenvalue weighted by Gasteiger charge is -2.20. The molecule has 0 radical (unpaired) electrons. The van der Waals surface area contributed by atoms with Crippen molar-refractivity contribution in [1.82, 2.24) is 4.90 Å². The standard InChI is InChI=1S/C13H20N4O3S/c1-17-5-3-4-7(17)6-16-12-8(11(15)18)9(14)10(21-12)13(19)20-2/h7,16H,3-6,14H2,1-2H3,(H2,15,18). The Bertz CT molecular complexity index is 558. The number of likely N-dealkylation sites (N-methyl/N-ethyl adjacent to an activating group) is 1. The van der Waals surface area contributed by atoms with E-state index in [-0.39, 0.29) is 16.1 Å². The first-order valence-corrected chi connectivity index (χ1v) is 7.51. The van der Waals surface area contributed by atoms with Gasteiger partial charge in [-0.1, -0.05) is 0 Å². The summed E-state index contributed by atoms with van der Waals surface area (Å²) in [7, 11) is 3.34. The fourth-order valence-electron chi connectivity index (χ4n) is 2.51. The lowest BCUT2D eigenvalue weighted by Crippen LogP contribution is -2.31. The fraction of sp³-hybridized carbons (Fsp3) is 0.538. The molecule has 1 unspecified atom stereocenters.